The normalized spacial score (nSPS) is 26.9. The lowest BCUT2D eigenvalue weighted by molar-refractivity contribution is 0.136. The van der Waals surface area contributed by atoms with Gasteiger partial charge in [-0.05, 0) is 85.8 Å². The van der Waals surface area contributed by atoms with Crippen LogP contribution >= 0.6 is 0 Å². The van der Waals surface area contributed by atoms with Crippen LogP contribution in [0.4, 0.5) is 17.6 Å². The largest absolute Gasteiger partial charge is 0.491 e. The Labute approximate surface area is 189 Å². The predicted octanol–water partition coefficient (Wildman–Crippen LogP) is 8.79. The van der Waals surface area contributed by atoms with E-state index in [-0.39, 0.29) is 35.7 Å². The lowest BCUT2D eigenvalue weighted by Crippen LogP contribution is -2.19. The predicted molar refractivity (Wildman–Crippen MR) is 121 cm³/mol. The van der Waals surface area contributed by atoms with Crippen LogP contribution in [0.3, 0.4) is 0 Å². The zero-order valence-electron chi connectivity index (χ0n) is 19.2. The molecule has 1 nitrogen and oxygen atoms in total. The van der Waals surface area contributed by atoms with Gasteiger partial charge in [-0.2, -0.15) is 4.39 Å². The van der Waals surface area contributed by atoms with Crippen molar-refractivity contribution < 1.29 is 22.3 Å². The lowest BCUT2D eigenvalue weighted by atomic mass is 9.76. The van der Waals surface area contributed by atoms with Gasteiger partial charge in [-0.1, -0.05) is 45.1 Å². The van der Waals surface area contributed by atoms with Gasteiger partial charge in [0, 0.05) is 0 Å². The molecule has 1 aromatic rings. The molecule has 32 heavy (non-hydrogen) atoms. The topological polar surface area (TPSA) is 9.23 Å². The van der Waals surface area contributed by atoms with Crippen molar-refractivity contribution in [3.05, 3.63) is 71.0 Å². The van der Waals surface area contributed by atoms with E-state index in [0.717, 1.165) is 38.5 Å². The van der Waals surface area contributed by atoms with Gasteiger partial charge in [0.25, 0.3) is 0 Å². The second kappa shape index (κ2) is 10.7. The summed E-state index contributed by atoms with van der Waals surface area (Å²) in [7, 11) is 0. The Hall–Kier alpha value is -2.04. The summed E-state index contributed by atoms with van der Waals surface area (Å²) < 4.78 is 62.7. The maximum absolute atomic E-state index is 15.0. The van der Waals surface area contributed by atoms with E-state index in [0.29, 0.717) is 29.9 Å². The van der Waals surface area contributed by atoms with Crippen LogP contribution in [-0.4, -0.2) is 6.61 Å². The SMILES string of the molecule is C=C(C)/C(F)=C(/F)C(=C)OCC1CCC(c2ccc(C3CCC(C)CC3)c(F)c2F)CC1. The molecule has 0 saturated heterocycles. The average Bonchev–Trinajstić information content (AvgIpc) is 2.79. The van der Waals surface area contributed by atoms with Crippen molar-refractivity contribution in [3.8, 4) is 0 Å². The Morgan fingerprint density at radius 3 is 1.78 bits per heavy atom. The monoisotopic (exact) mass is 450 g/mol. The second-order valence-electron chi connectivity index (χ2n) is 9.69. The number of ether oxygens (including phenoxy) is 1. The summed E-state index contributed by atoms with van der Waals surface area (Å²) in [4.78, 5) is 0. The highest BCUT2D eigenvalue weighted by atomic mass is 19.2. The first-order chi connectivity index (χ1) is 15.2. The minimum atomic E-state index is -1.13. The Morgan fingerprint density at radius 1 is 0.844 bits per heavy atom. The van der Waals surface area contributed by atoms with Gasteiger partial charge in [0.1, 0.15) is 0 Å². The standard InChI is InChI=1S/C27H34F4O/c1-16(2)24(28)25(29)18(4)32-15-19-7-11-21(12-8-19)23-14-13-22(26(30)27(23)31)20-9-5-17(3)6-10-20/h13-14,17,19-21H,1,4-12,15H2,2-3H3/b25-24-. The fourth-order valence-electron chi connectivity index (χ4n) is 5.01. The van der Waals surface area contributed by atoms with Gasteiger partial charge >= 0.3 is 0 Å². The van der Waals surface area contributed by atoms with E-state index >= 15 is 0 Å². The van der Waals surface area contributed by atoms with Crippen molar-refractivity contribution in [1.29, 1.82) is 0 Å². The quantitative estimate of drug-likeness (QED) is 0.229. The van der Waals surface area contributed by atoms with Crippen molar-refractivity contribution in [1.82, 2.24) is 0 Å². The third-order valence-electron chi connectivity index (χ3n) is 7.19. The molecule has 2 aliphatic rings. The summed E-state index contributed by atoms with van der Waals surface area (Å²) in [6, 6.07) is 3.56. The highest BCUT2D eigenvalue weighted by Gasteiger charge is 2.29. The summed E-state index contributed by atoms with van der Waals surface area (Å²) in [6.07, 6.45) is 6.85. The molecule has 0 aromatic heterocycles. The first-order valence-corrected chi connectivity index (χ1v) is 11.7. The molecule has 3 rings (SSSR count). The van der Waals surface area contributed by atoms with Gasteiger partial charge in [0.05, 0.1) is 6.61 Å². The number of rotatable bonds is 7. The molecular weight excluding hydrogens is 416 g/mol. The highest BCUT2D eigenvalue weighted by molar-refractivity contribution is 5.32. The summed E-state index contributed by atoms with van der Waals surface area (Å²) in [5.41, 5.74) is 0.957. The molecule has 0 unspecified atom stereocenters. The van der Waals surface area contributed by atoms with Gasteiger partial charge in [-0.25, -0.2) is 13.2 Å². The molecule has 0 spiro atoms. The molecule has 0 radical (unpaired) electrons. The van der Waals surface area contributed by atoms with Gasteiger partial charge in [0.2, 0.25) is 0 Å². The van der Waals surface area contributed by atoms with Gasteiger partial charge in [-0.15, -0.1) is 0 Å². The van der Waals surface area contributed by atoms with E-state index in [2.05, 4.69) is 20.1 Å². The summed E-state index contributed by atoms with van der Waals surface area (Å²) in [6.45, 7) is 10.6. The van der Waals surface area contributed by atoms with E-state index in [1.54, 1.807) is 12.1 Å². The maximum Gasteiger partial charge on any atom is 0.200 e. The lowest BCUT2D eigenvalue weighted by Gasteiger charge is -2.30. The van der Waals surface area contributed by atoms with Crippen LogP contribution in [0.25, 0.3) is 0 Å². The molecule has 0 heterocycles. The Morgan fingerprint density at radius 2 is 1.31 bits per heavy atom. The van der Waals surface area contributed by atoms with Crippen LogP contribution in [0.15, 0.2) is 48.3 Å². The molecular formula is C27H34F4O. The zero-order chi connectivity index (χ0) is 23.4. The molecule has 0 bridgehead atoms. The third-order valence-corrected chi connectivity index (χ3v) is 7.19. The van der Waals surface area contributed by atoms with Gasteiger partial charge in [0.15, 0.2) is 29.0 Å². The first-order valence-electron chi connectivity index (χ1n) is 11.7. The molecule has 2 aliphatic carbocycles. The molecule has 0 N–H and O–H groups in total. The molecule has 5 heteroatoms. The van der Waals surface area contributed by atoms with Crippen molar-refractivity contribution in [3.63, 3.8) is 0 Å². The minimum Gasteiger partial charge on any atom is -0.491 e. The molecule has 176 valence electrons. The van der Waals surface area contributed by atoms with E-state index in [9.17, 15) is 17.6 Å². The zero-order valence-corrected chi connectivity index (χ0v) is 19.2. The van der Waals surface area contributed by atoms with Crippen LogP contribution in [0, 0.1) is 23.5 Å². The van der Waals surface area contributed by atoms with E-state index in [1.165, 1.54) is 6.92 Å². The first kappa shape index (κ1) is 24.6. The molecule has 0 amide bonds. The highest BCUT2D eigenvalue weighted by Crippen LogP contribution is 2.41. The third kappa shape index (κ3) is 5.65. The fraction of sp³-hybridized carbons (Fsp3) is 0.556. The molecule has 2 fully saturated rings. The van der Waals surface area contributed by atoms with E-state index in [4.69, 9.17) is 4.74 Å². The molecule has 0 atom stereocenters. The van der Waals surface area contributed by atoms with Crippen molar-refractivity contribution >= 4 is 0 Å². The minimum absolute atomic E-state index is 0.0221. The van der Waals surface area contributed by atoms with Crippen LogP contribution in [0.1, 0.15) is 88.2 Å². The van der Waals surface area contributed by atoms with Crippen LogP contribution < -0.4 is 0 Å². The fourth-order valence-corrected chi connectivity index (χ4v) is 5.01. The van der Waals surface area contributed by atoms with Crippen LogP contribution in [0.5, 0.6) is 0 Å². The van der Waals surface area contributed by atoms with E-state index < -0.39 is 23.3 Å². The summed E-state index contributed by atoms with van der Waals surface area (Å²) in [5.74, 6) is -3.02. The molecule has 1 aromatic carbocycles. The smallest absolute Gasteiger partial charge is 0.200 e. The Bertz CT molecular complexity index is 872. The second-order valence-corrected chi connectivity index (χ2v) is 9.69. The Kier molecular flexibility index (Phi) is 8.24. The number of hydrogen-bond donors (Lipinski definition) is 0. The Balaban J connectivity index is 1.56. The van der Waals surface area contributed by atoms with Crippen molar-refractivity contribution in [2.75, 3.05) is 6.61 Å². The van der Waals surface area contributed by atoms with E-state index in [1.807, 2.05) is 0 Å². The van der Waals surface area contributed by atoms with Gasteiger partial charge in [-0.3, -0.25) is 0 Å². The van der Waals surface area contributed by atoms with Gasteiger partial charge < -0.3 is 4.74 Å². The number of hydrogen-bond acceptors (Lipinski definition) is 1. The van der Waals surface area contributed by atoms with Crippen LogP contribution in [0.2, 0.25) is 0 Å². The summed E-state index contributed by atoms with van der Waals surface area (Å²) >= 11 is 0. The number of benzene rings is 1. The van der Waals surface area contributed by atoms with Crippen molar-refractivity contribution in [2.45, 2.75) is 77.0 Å². The maximum atomic E-state index is 15.0. The number of allylic oxidation sites excluding steroid dienone is 3. The molecule has 2 saturated carbocycles. The average molecular weight is 451 g/mol. The molecule has 0 aliphatic heterocycles. The van der Waals surface area contributed by atoms with Crippen molar-refractivity contribution in [2.24, 2.45) is 11.8 Å². The van der Waals surface area contributed by atoms with Crippen LogP contribution in [-0.2, 0) is 4.74 Å². The summed E-state index contributed by atoms with van der Waals surface area (Å²) in [5, 5.41) is 0. The number of halogens is 4.